The first-order valence-electron chi connectivity index (χ1n) is 4.83. The molecule has 0 atom stereocenters. The maximum atomic E-state index is 5.78. The molecule has 0 radical (unpaired) electrons. The molecule has 3 nitrogen and oxygen atoms in total. The zero-order valence-corrected chi connectivity index (χ0v) is 9.22. The number of para-hydroxylation sites is 1. The van der Waals surface area contributed by atoms with E-state index in [1.54, 1.807) is 6.07 Å². The van der Waals surface area contributed by atoms with Gasteiger partial charge in [0.15, 0.2) is 0 Å². The number of nitrogens with zero attached hydrogens (tertiary/aromatic N) is 2. The van der Waals surface area contributed by atoms with Crippen LogP contribution in [0.5, 0.6) is 0 Å². The van der Waals surface area contributed by atoms with Crippen molar-refractivity contribution < 1.29 is 0 Å². The van der Waals surface area contributed by atoms with Crippen molar-refractivity contribution in [2.75, 3.05) is 0 Å². The van der Waals surface area contributed by atoms with Gasteiger partial charge in [-0.25, -0.2) is 0 Å². The lowest BCUT2D eigenvalue weighted by atomic mass is 10.3. The lowest BCUT2D eigenvalue weighted by Gasteiger charge is -1.85. The SMILES string of the molecule is Clc1cccc2n[nH]nc12.c1ccccc1. The Bertz CT molecular complexity index is 522. The van der Waals surface area contributed by atoms with E-state index in [1.807, 2.05) is 48.5 Å². The first-order chi connectivity index (χ1) is 7.88. The van der Waals surface area contributed by atoms with Gasteiger partial charge in [0, 0.05) is 0 Å². The molecule has 0 bridgehead atoms. The van der Waals surface area contributed by atoms with E-state index >= 15 is 0 Å². The first-order valence-corrected chi connectivity index (χ1v) is 5.21. The van der Waals surface area contributed by atoms with Gasteiger partial charge in [-0.3, -0.25) is 0 Å². The van der Waals surface area contributed by atoms with Crippen molar-refractivity contribution in [1.82, 2.24) is 15.4 Å². The summed E-state index contributed by atoms with van der Waals surface area (Å²) in [5, 5.41) is 10.8. The maximum absolute atomic E-state index is 5.78. The molecule has 80 valence electrons. The Morgan fingerprint density at radius 3 is 2.00 bits per heavy atom. The van der Waals surface area contributed by atoms with Crippen LogP contribution in [0.1, 0.15) is 0 Å². The van der Waals surface area contributed by atoms with Gasteiger partial charge in [-0.2, -0.15) is 15.4 Å². The molecular weight excluding hydrogens is 222 g/mol. The Kier molecular flexibility index (Phi) is 3.51. The third-order valence-electron chi connectivity index (χ3n) is 1.96. The van der Waals surface area contributed by atoms with Crippen LogP contribution in [0.2, 0.25) is 5.02 Å². The van der Waals surface area contributed by atoms with Crippen LogP contribution in [0.4, 0.5) is 0 Å². The van der Waals surface area contributed by atoms with Crippen LogP contribution in [0.25, 0.3) is 11.0 Å². The minimum Gasteiger partial charge on any atom is -0.197 e. The van der Waals surface area contributed by atoms with Gasteiger partial charge < -0.3 is 0 Å². The molecule has 0 fully saturated rings. The molecule has 0 saturated heterocycles. The lowest BCUT2D eigenvalue weighted by Crippen LogP contribution is -1.68. The van der Waals surface area contributed by atoms with Crippen molar-refractivity contribution in [3.8, 4) is 0 Å². The first kappa shape index (κ1) is 10.6. The van der Waals surface area contributed by atoms with E-state index in [4.69, 9.17) is 11.6 Å². The van der Waals surface area contributed by atoms with Gasteiger partial charge in [-0.05, 0) is 12.1 Å². The summed E-state index contributed by atoms with van der Waals surface area (Å²) < 4.78 is 0. The molecule has 3 aromatic rings. The fourth-order valence-electron chi connectivity index (χ4n) is 1.22. The van der Waals surface area contributed by atoms with E-state index in [9.17, 15) is 0 Å². The van der Waals surface area contributed by atoms with Crippen LogP contribution in [-0.4, -0.2) is 15.4 Å². The third kappa shape index (κ3) is 2.58. The summed E-state index contributed by atoms with van der Waals surface area (Å²) >= 11 is 5.78. The van der Waals surface area contributed by atoms with Crippen LogP contribution in [-0.2, 0) is 0 Å². The summed E-state index contributed by atoms with van der Waals surface area (Å²) in [7, 11) is 0. The number of H-pyrrole nitrogens is 1. The van der Waals surface area contributed by atoms with Gasteiger partial charge in [0.1, 0.15) is 11.0 Å². The van der Waals surface area contributed by atoms with Gasteiger partial charge in [0.25, 0.3) is 0 Å². The van der Waals surface area contributed by atoms with Gasteiger partial charge >= 0.3 is 0 Å². The van der Waals surface area contributed by atoms with Crippen molar-refractivity contribution in [2.24, 2.45) is 0 Å². The molecule has 0 unspecified atom stereocenters. The highest BCUT2D eigenvalue weighted by molar-refractivity contribution is 6.34. The van der Waals surface area contributed by atoms with Crippen molar-refractivity contribution in [3.63, 3.8) is 0 Å². The molecule has 3 rings (SSSR count). The third-order valence-corrected chi connectivity index (χ3v) is 2.27. The summed E-state index contributed by atoms with van der Waals surface area (Å²) in [6.07, 6.45) is 0. The van der Waals surface area contributed by atoms with Crippen molar-refractivity contribution in [2.45, 2.75) is 0 Å². The number of hydrogen-bond donors (Lipinski definition) is 1. The molecule has 4 heteroatoms. The van der Waals surface area contributed by atoms with Crippen LogP contribution >= 0.6 is 11.6 Å². The second-order valence-corrected chi connectivity index (χ2v) is 3.49. The van der Waals surface area contributed by atoms with E-state index in [-0.39, 0.29) is 0 Å². The average Bonchev–Trinajstić information content (AvgIpc) is 2.82. The zero-order chi connectivity index (χ0) is 11.2. The number of aromatic amines is 1. The molecule has 1 aromatic heterocycles. The molecule has 1 N–H and O–H groups in total. The smallest absolute Gasteiger partial charge is 0.131 e. The summed E-state index contributed by atoms with van der Waals surface area (Å²) in [5.74, 6) is 0. The molecule has 0 amide bonds. The predicted octanol–water partition coefficient (Wildman–Crippen LogP) is 3.30. The number of halogens is 1. The summed E-state index contributed by atoms with van der Waals surface area (Å²) in [5.41, 5.74) is 1.52. The van der Waals surface area contributed by atoms with Crippen LogP contribution in [0.3, 0.4) is 0 Å². The maximum Gasteiger partial charge on any atom is 0.131 e. The van der Waals surface area contributed by atoms with E-state index in [0.29, 0.717) is 5.02 Å². The number of fused-ring (bicyclic) bond motifs is 1. The van der Waals surface area contributed by atoms with E-state index in [2.05, 4.69) is 15.4 Å². The summed E-state index contributed by atoms with van der Waals surface area (Å²) in [6, 6.07) is 17.5. The Morgan fingerprint density at radius 2 is 1.44 bits per heavy atom. The molecule has 0 saturated carbocycles. The largest absolute Gasteiger partial charge is 0.197 e. The molecule has 0 aliphatic carbocycles. The highest BCUT2D eigenvalue weighted by Gasteiger charge is 1.99. The Hall–Kier alpha value is -1.87. The van der Waals surface area contributed by atoms with Gasteiger partial charge in [-0.1, -0.05) is 54.1 Å². The Morgan fingerprint density at radius 1 is 0.812 bits per heavy atom. The normalized spacial score (nSPS) is 9.56. The van der Waals surface area contributed by atoms with Gasteiger partial charge in [0.05, 0.1) is 5.02 Å². The van der Waals surface area contributed by atoms with Crippen LogP contribution in [0.15, 0.2) is 54.6 Å². The van der Waals surface area contributed by atoms with E-state index < -0.39 is 0 Å². The molecule has 16 heavy (non-hydrogen) atoms. The molecule has 0 aliphatic heterocycles. The second kappa shape index (κ2) is 5.28. The minimum absolute atomic E-state index is 0.631. The van der Waals surface area contributed by atoms with Gasteiger partial charge in [-0.15, -0.1) is 0 Å². The van der Waals surface area contributed by atoms with Crippen molar-refractivity contribution >= 4 is 22.6 Å². The highest BCUT2D eigenvalue weighted by atomic mass is 35.5. The molecule has 2 aromatic carbocycles. The fraction of sp³-hybridized carbons (Fsp3) is 0. The molecule has 0 spiro atoms. The predicted molar refractivity (Wildman–Crippen MR) is 65.3 cm³/mol. The lowest BCUT2D eigenvalue weighted by molar-refractivity contribution is 0.959. The average molecular weight is 232 g/mol. The highest BCUT2D eigenvalue weighted by Crippen LogP contribution is 2.17. The second-order valence-electron chi connectivity index (χ2n) is 3.09. The topological polar surface area (TPSA) is 41.6 Å². The summed E-state index contributed by atoms with van der Waals surface area (Å²) in [4.78, 5) is 0. The van der Waals surface area contributed by atoms with Gasteiger partial charge in [0.2, 0.25) is 0 Å². The van der Waals surface area contributed by atoms with Crippen LogP contribution in [0, 0.1) is 0 Å². The number of hydrogen-bond acceptors (Lipinski definition) is 2. The monoisotopic (exact) mass is 231 g/mol. The minimum atomic E-state index is 0.631. The number of benzene rings is 2. The van der Waals surface area contributed by atoms with Crippen LogP contribution < -0.4 is 0 Å². The number of nitrogens with one attached hydrogen (secondary N) is 1. The molecule has 0 aliphatic rings. The van der Waals surface area contributed by atoms with Crippen molar-refractivity contribution in [3.05, 3.63) is 59.6 Å². The van der Waals surface area contributed by atoms with E-state index in [1.165, 1.54) is 0 Å². The number of rotatable bonds is 0. The summed E-state index contributed by atoms with van der Waals surface area (Å²) in [6.45, 7) is 0. The zero-order valence-electron chi connectivity index (χ0n) is 8.47. The molecular formula is C12H10ClN3. The Balaban J connectivity index is 0.000000138. The standard InChI is InChI=1S/C6H4ClN3.C6H6/c7-4-2-1-3-5-6(4)9-10-8-5;1-2-4-6-5-3-1/h1-3H,(H,8,9,10);1-6H. The van der Waals surface area contributed by atoms with Crippen molar-refractivity contribution in [1.29, 1.82) is 0 Å². The Labute approximate surface area is 98.1 Å². The number of aromatic nitrogens is 3. The molecule has 1 heterocycles. The quantitative estimate of drug-likeness (QED) is 0.645. The fourth-order valence-corrected chi connectivity index (χ4v) is 1.43. The van der Waals surface area contributed by atoms with E-state index in [0.717, 1.165) is 11.0 Å².